The van der Waals surface area contributed by atoms with Crippen molar-refractivity contribution < 1.29 is 0 Å². The van der Waals surface area contributed by atoms with E-state index in [-0.39, 0.29) is 24.8 Å². The van der Waals surface area contributed by atoms with E-state index in [9.17, 15) is 0 Å². The van der Waals surface area contributed by atoms with E-state index in [1.54, 1.807) is 0 Å². The molecule has 0 unspecified atom stereocenters. The molecule has 3 nitrogen and oxygen atoms in total. The Morgan fingerprint density at radius 3 is 2.14 bits per heavy atom. The smallest absolute Gasteiger partial charge is 0.0350 e. The van der Waals surface area contributed by atoms with Crippen molar-refractivity contribution in [3.63, 3.8) is 0 Å². The highest BCUT2D eigenvalue weighted by atomic mass is 35.5. The maximum atomic E-state index is 5.48. The van der Waals surface area contributed by atoms with Crippen molar-refractivity contribution in [2.75, 3.05) is 39.3 Å². The Morgan fingerprint density at radius 2 is 1.64 bits per heavy atom. The van der Waals surface area contributed by atoms with Crippen molar-refractivity contribution >= 4 is 24.8 Å². The summed E-state index contributed by atoms with van der Waals surface area (Å²) >= 11 is 0. The predicted molar refractivity (Wildman–Crippen MR) is 64.6 cm³/mol. The van der Waals surface area contributed by atoms with Gasteiger partial charge in [-0.05, 0) is 25.9 Å². The molecule has 0 atom stereocenters. The fourth-order valence-corrected chi connectivity index (χ4v) is 2.25. The Labute approximate surface area is 98.8 Å². The van der Waals surface area contributed by atoms with E-state index in [1.807, 2.05) is 0 Å². The minimum absolute atomic E-state index is 0. The summed E-state index contributed by atoms with van der Waals surface area (Å²) in [5.41, 5.74) is 5.48. The number of likely N-dealkylation sites (tertiary alicyclic amines) is 2. The zero-order valence-corrected chi connectivity index (χ0v) is 10.2. The molecule has 0 saturated carbocycles. The number of halogens is 2. The van der Waals surface area contributed by atoms with Crippen LogP contribution in [0.25, 0.3) is 0 Å². The Morgan fingerprint density at radius 1 is 1.07 bits per heavy atom. The molecule has 0 bridgehead atoms. The van der Waals surface area contributed by atoms with Crippen LogP contribution in [0.4, 0.5) is 0 Å². The molecular formula is C9H21Cl2N3. The Bertz CT molecular complexity index is 145. The summed E-state index contributed by atoms with van der Waals surface area (Å²) in [6, 6.07) is 0.860. The van der Waals surface area contributed by atoms with E-state index >= 15 is 0 Å². The number of hydrogen-bond acceptors (Lipinski definition) is 3. The molecule has 0 aromatic rings. The second-order valence-electron chi connectivity index (χ2n) is 3.95. The predicted octanol–water partition coefficient (Wildman–Crippen LogP) is 0.569. The highest BCUT2D eigenvalue weighted by Crippen LogP contribution is 2.19. The largest absolute Gasteiger partial charge is 0.329 e. The molecule has 2 aliphatic rings. The molecule has 2 fully saturated rings. The van der Waals surface area contributed by atoms with Gasteiger partial charge in [-0.15, -0.1) is 24.8 Å². The van der Waals surface area contributed by atoms with Crippen LogP contribution in [0, 0.1) is 0 Å². The zero-order valence-electron chi connectivity index (χ0n) is 8.52. The molecule has 86 valence electrons. The molecule has 0 aliphatic carbocycles. The first-order valence-corrected chi connectivity index (χ1v) is 5.06. The van der Waals surface area contributed by atoms with Gasteiger partial charge in [0.05, 0.1) is 0 Å². The van der Waals surface area contributed by atoms with Crippen LogP contribution in [0.15, 0.2) is 0 Å². The Balaban J connectivity index is 0.000000845. The van der Waals surface area contributed by atoms with E-state index in [0.29, 0.717) is 0 Å². The molecule has 2 rings (SSSR count). The van der Waals surface area contributed by atoms with E-state index in [4.69, 9.17) is 5.73 Å². The minimum atomic E-state index is 0. The van der Waals surface area contributed by atoms with Crippen LogP contribution in [0.3, 0.4) is 0 Å². The van der Waals surface area contributed by atoms with Crippen molar-refractivity contribution in [1.82, 2.24) is 9.80 Å². The summed E-state index contributed by atoms with van der Waals surface area (Å²) in [7, 11) is 0. The lowest BCUT2D eigenvalue weighted by Gasteiger charge is -2.44. The molecule has 2 saturated heterocycles. The van der Waals surface area contributed by atoms with Gasteiger partial charge in [0.25, 0.3) is 0 Å². The van der Waals surface area contributed by atoms with Crippen molar-refractivity contribution in [3.8, 4) is 0 Å². The van der Waals surface area contributed by atoms with Crippen molar-refractivity contribution in [1.29, 1.82) is 0 Å². The highest BCUT2D eigenvalue weighted by Gasteiger charge is 2.31. The van der Waals surface area contributed by atoms with Crippen LogP contribution < -0.4 is 5.73 Å². The van der Waals surface area contributed by atoms with Crippen LogP contribution in [-0.2, 0) is 0 Å². The lowest BCUT2D eigenvalue weighted by atomic mass is 10.1. The average molecular weight is 242 g/mol. The minimum Gasteiger partial charge on any atom is -0.329 e. The van der Waals surface area contributed by atoms with Gasteiger partial charge in [0.2, 0.25) is 0 Å². The van der Waals surface area contributed by atoms with Gasteiger partial charge in [0.1, 0.15) is 0 Å². The van der Waals surface area contributed by atoms with Gasteiger partial charge in [-0.3, -0.25) is 9.80 Å². The van der Waals surface area contributed by atoms with Crippen molar-refractivity contribution in [3.05, 3.63) is 0 Å². The lowest BCUT2D eigenvalue weighted by molar-refractivity contribution is 0.0507. The summed E-state index contributed by atoms with van der Waals surface area (Å²) < 4.78 is 0. The van der Waals surface area contributed by atoms with Crippen LogP contribution in [0.2, 0.25) is 0 Å². The quantitative estimate of drug-likeness (QED) is 0.785. The third-order valence-corrected chi connectivity index (χ3v) is 3.04. The van der Waals surface area contributed by atoms with E-state index in [2.05, 4.69) is 9.80 Å². The third-order valence-electron chi connectivity index (χ3n) is 3.04. The topological polar surface area (TPSA) is 32.5 Å². The summed E-state index contributed by atoms with van der Waals surface area (Å²) in [4.78, 5) is 5.08. The third kappa shape index (κ3) is 3.24. The van der Waals surface area contributed by atoms with Gasteiger partial charge in [-0.1, -0.05) is 0 Å². The van der Waals surface area contributed by atoms with Gasteiger partial charge in [-0.25, -0.2) is 0 Å². The maximum absolute atomic E-state index is 5.48. The van der Waals surface area contributed by atoms with Gasteiger partial charge in [0.15, 0.2) is 0 Å². The summed E-state index contributed by atoms with van der Waals surface area (Å²) in [6.45, 7) is 7.09. The molecule has 0 aromatic carbocycles. The summed E-state index contributed by atoms with van der Waals surface area (Å²) in [6.07, 6.45) is 2.82. The lowest BCUT2D eigenvalue weighted by Crippen LogP contribution is -2.59. The molecule has 0 amide bonds. The molecular weight excluding hydrogens is 221 g/mol. The van der Waals surface area contributed by atoms with Gasteiger partial charge in [-0.2, -0.15) is 0 Å². The first-order valence-electron chi connectivity index (χ1n) is 5.06. The monoisotopic (exact) mass is 241 g/mol. The fraction of sp³-hybridized carbons (Fsp3) is 1.00. The molecule has 0 spiro atoms. The van der Waals surface area contributed by atoms with Gasteiger partial charge >= 0.3 is 0 Å². The van der Waals surface area contributed by atoms with E-state index < -0.39 is 0 Å². The van der Waals surface area contributed by atoms with Crippen LogP contribution in [-0.4, -0.2) is 55.1 Å². The standard InChI is InChI=1S/C9H19N3.2ClH/c10-3-6-11-7-9(8-11)12-4-1-2-5-12;;/h9H,1-8,10H2;2*1H. The molecule has 14 heavy (non-hydrogen) atoms. The van der Waals surface area contributed by atoms with Crippen molar-refractivity contribution in [2.45, 2.75) is 18.9 Å². The first-order chi connectivity index (χ1) is 5.90. The molecule has 5 heteroatoms. The van der Waals surface area contributed by atoms with Crippen LogP contribution >= 0.6 is 24.8 Å². The van der Waals surface area contributed by atoms with Crippen molar-refractivity contribution in [2.24, 2.45) is 5.73 Å². The highest BCUT2D eigenvalue weighted by molar-refractivity contribution is 5.85. The maximum Gasteiger partial charge on any atom is 0.0350 e. The number of nitrogens with two attached hydrogens (primary N) is 1. The second-order valence-corrected chi connectivity index (χ2v) is 3.95. The molecule has 0 aromatic heterocycles. The van der Waals surface area contributed by atoms with Crippen LogP contribution in [0.1, 0.15) is 12.8 Å². The Hall–Kier alpha value is 0.460. The molecule has 0 radical (unpaired) electrons. The average Bonchev–Trinajstić information content (AvgIpc) is 2.47. The van der Waals surface area contributed by atoms with E-state index in [0.717, 1.165) is 19.1 Å². The zero-order chi connectivity index (χ0) is 8.39. The van der Waals surface area contributed by atoms with Gasteiger partial charge < -0.3 is 5.73 Å². The Kier molecular flexibility index (Phi) is 7.08. The summed E-state index contributed by atoms with van der Waals surface area (Å²) in [5.74, 6) is 0. The number of hydrogen-bond donors (Lipinski definition) is 1. The molecule has 2 heterocycles. The fourth-order valence-electron chi connectivity index (χ4n) is 2.25. The normalized spacial score (nSPS) is 23.8. The molecule has 2 aliphatic heterocycles. The number of nitrogens with zero attached hydrogens (tertiary/aromatic N) is 2. The summed E-state index contributed by atoms with van der Waals surface area (Å²) in [5, 5.41) is 0. The van der Waals surface area contributed by atoms with E-state index in [1.165, 1.54) is 39.0 Å². The second kappa shape index (κ2) is 6.85. The number of rotatable bonds is 3. The first kappa shape index (κ1) is 14.5. The van der Waals surface area contributed by atoms with Gasteiger partial charge in [0, 0.05) is 32.2 Å². The SMILES string of the molecule is Cl.Cl.NCCN1CC(N2CCCC2)C1. The molecule has 2 N–H and O–H groups in total. The van der Waals surface area contributed by atoms with Crippen LogP contribution in [0.5, 0.6) is 0 Å².